The van der Waals surface area contributed by atoms with Crippen LogP contribution in [0.5, 0.6) is 0 Å². The van der Waals surface area contributed by atoms with E-state index in [0.717, 1.165) is 83.4 Å². The number of nitrogens with zero attached hydrogens (tertiary/aromatic N) is 7. The van der Waals surface area contributed by atoms with Gasteiger partial charge in [-0.2, -0.15) is 5.10 Å². The van der Waals surface area contributed by atoms with Gasteiger partial charge in [-0.25, -0.2) is 9.97 Å². The number of rotatable bonds is 2. The van der Waals surface area contributed by atoms with Gasteiger partial charge in [0.1, 0.15) is 16.8 Å². The van der Waals surface area contributed by atoms with E-state index >= 15 is 0 Å². The number of piperidine rings is 1. The molecule has 1 aliphatic carbocycles. The van der Waals surface area contributed by atoms with Crippen LogP contribution in [0.25, 0.3) is 38.8 Å². The van der Waals surface area contributed by atoms with Gasteiger partial charge in [0.2, 0.25) is 0 Å². The van der Waals surface area contributed by atoms with E-state index in [1.165, 1.54) is 11.3 Å². The minimum atomic E-state index is 0.268. The van der Waals surface area contributed by atoms with Crippen LogP contribution in [0.3, 0.4) is 0 Å². The fourth-order valence-electron chi connectivity index (χ4n) is 6.28. The summed E-state index contributed by atoms with van der Waals surface area (Å²) in [7, 11) is 3.78. The molecule has 4 aromatic heterocycles. The second kappa shape index (κ2) is 7.67. The Labute approximate surface area is 213 Å². The molecule has 0 radical (unpaired) electrons. The largest absolute Gasteiger partial charge is 0.404 e. The van der Waals surface area contributed by atoms with Crippen LogP contribution in [0.1, 0.15) is 25.7 Å². The molecule has 1 spiro atoms. The average molecular weight is 499 g/mol. The number of hydrogen-bond donors (Lipinski definition) is 1. The molecule has 36 heavy (non-hydrogen) atoms. The molecule has 2 fully saturated rings. The molecule has 5 heterocycles. The maximum absolute atomic E-state index is 6.86. The van der Waals surface area contributed by atoms with Crippen molar-refractivity contribution in [3.8, 4) is 11.1 Å². The van der Waals surface area contributed by atoms with Crippen LogP contribution in [-0.2, 0) is 7.05 Å². The van der Waals surface area contributed by atoms with Gasteiger partial charge in [-0.1, -0.05) is 17.7 Å². The number of pyridine rings is 1. The minimum Gasteiger partial charge on any atom is -0.404 e. The number of anilines is 1. The first-order valence-corrected chi connectivity index (χ1v) is 12.7. The predicted molar refractivity (Wildman–Crippen MR) is 145 cm³/mol. The number of imidazole rings is 2. The lowest BCUT2D eigenvalue weighted by molar-refractivity contribution is 0.243. The third kappa shape index (κ3) is 3.00. The molecular weight excluding hydrogens is 472 g/mol. The molecule has 0 amide bonds. The number of aromatic nitrogens is 5. The summed E-state index contributed by atoms with van der Waals surface area (Å²) in [6.07, 6.45) is 9.91. The molecule has 7 rings (SSSR count). The Morgan fingerprint density at radius 1 is 1.11 bits per heavy atom. The monoisotopic (exact) mass is 498 g/mol. The Bertz CT molecular complexity index is 1680. The van der Waals surface area contributed by atoms with Crippen molar-refractivity contribution in [1.82, 2.24) is 24.1 Å². The van der Waals surface area contributed by atoms with Crippen molar-refractivity contribution >= 4 is 50.8 Å². The zero-order chi connectivity index (χ0) is 24.6. The van der Waals surface area contributed by atoms with E-state index in [9.17, 15) is 0 Å². The smallest absolute Gasteiger partial charge is 0.157 e. The van der Waals surface area contributed by atoms with E-state index in [-0.39, 0.29) is 5.41 Å². The summed E-state index contributed by atoms with van der Waals surface area (Å²) < 4.78 is 3.95. The number of aliphatic imine (C=N–C) groups is 1. The summed E-state index contributed by atoms with van der Waals surface area (Å²) in [6, 6.07) is 8.19. The van der Waals surface area contributed by atoms with E-state index in [1.807, 2.05) is 38.6 Å². The lowest BCUT2D eigenvalue weighted by Crippen LogP contribution is -2.39. The first-order chi connectivity index (χ1) is 17.5. The number of benzene rings is 1. The standard InChI is InChI=1S/C27H27ClN8/c1-30-21-12-27(11-16(21)13-29)7-9-35(10-8-27)26-22-14-31-25-18(4-6-23(32-26)36(22)25)17-3-5-20-19(24(17)28)15-34(2)33-20/h3-6,13-15H,7-12,29H2,1-2H3. The van der Waals surface area contributed by atoms with E-state index < -0.39 is 0 Å². The van der Waals surface area contributed by atoms with Crippen molar-refractivity contribution in [2.75, 3.05) is 25.0 Å². The van der Waals surface area contributed by atoms with Crippen LogP contribution < -0.4 is 10.6 Å². The van der Waals surface area contributed by atoms with Crippen LogP contribution in [0, 0.1) is 5.41 Å². The molecule has 1 saturated carbocycles. The molecule has 0 unspecified atom stereocenters. The van der Waals surface area contributed by atoms with Gasteiger partial charge in [-0.05, 0) is 61.1 Å². The summed E-state index contributed by atoms with van der Waals surface area (Å²) in [5.74, 6) is 1.01. The van der Waals surface area contributed by atoms with Crippen LogP contribution in [0.2, 0.25) is 5.02 Å². The third-order valence-corrected chi connectivity index (χ3v) is 8.59. The maximum atomic E-state index is 6.86. The molecule has 182 valence electrons. The summed E-state index contributed by atoms with van der Waals surface area (Å²) in [4.78, 5) is 16.8. The zero-order valence-corrected chi connectivity index (χ0v) is 21.1. The zero-order valence-electron chi connectivity index (χ0n) is 20.4. The highest BCUT2D eigenvalue weighted by Crippen LogP contribution is 2.48. The third-order valence-electron chi connectivity index (χ3n) is 8.18. The second-order valence-electron chi connectivity index (χ2n) is 10.2. The molecule has 0 atom stereocenters. The highest BCUT2D eigenvalue weighted by molar-refractivity contribution is 6.38. The van der Waals surface area contributed by atoms with E-state index in [2.05, 4.69) is 31.5 Å². The molecule has 1 aliphatic heterocycles. The van der Waals surface area contributed by atoms with Gasteiger partial charge in [-0.3, -0.25) is 14.1 Å². The molecule has 0 bridgehead atoms. The predicted octanol–water partition coefficient (Wildman–Crippen LogP) is 4.82. The Hall–Kier alpha value is -3.65. The van der Waals surface area contributed by atoms with Crippen molar-refractivity contribution in [2.24, 2.45) is 23.2 Å². The number of aryl methyl sites for hydroxylation is 1. The van der Waals surface area contributed by atoms with Gasteiger partial charge in [0.05, 0.1) is 16.7 Å². The molecule has 9 heteroatoms. The quantitative estimate of drug-likeness (QED) is 0.377. The van der Waals surface area contributed by atoms with Crippen LogP contribution >= 0.6 is 11.6 Å². The Kier molecular flexibility index (Phi) is 4.61. The van der Waals surface area contributed by atoms with Crippen LogP contribution in [0.4, 0.5) is 5.82 Å². The Balaban J connectivity index is 1.24. The van der Waals surface area contributed by atoms with E-state index in [4.69, 9.17) is 27.3 Å². The molecule has 2 N–H and O–H groups in total. The molecule has 1 aromatic carbocycles. The number of halogens is 1. The number of hydrogen-bond acceptors (Lipinski definition) is 6. The molecule has 1 saturated heterocycles. The normalized spacial score (nSPS) is 20.4. The van der Waals surface area contributed by atoms with Crippen LogP contribution in [0.15, 0.2) is 53.4 Å². The summed E-state index contributed by atoms with van der Waals surface area (Å²) >= 11 is 6.86. The fourth-order valence-corrected chi connectivity index (χ4v) is 6.59. The second-order valence-corrected chi connectivity index (χ2v) is 10.6. The van der Waals surface area contributed by atoms with Crippen LogP contribution in [-0.4, -0.2) is 50.0 Å². The summed E-state index contributed by atoms with van der Waals surface area (Å²) in [6.45, 7) is 1.93. The Morgan fingerprint density at radius 2 is 1.92 bits per heavy atom. The average Bonchev–Trinajstić information content (AvgIpc) is 3.65. The topological polar surface area (TPSA) is 89.6 Å². The van der Waals surface area contributed by atoms with E-state index in [1.54, 1.807) is 10.9 Å². The maximum Gasteiger partial charge on any atom is 0.157 e. The number of fused-ring (bicyclic) bond motifs is 1. The summed E-state index contributed by atoms with van der Waals surface area (Å²) in [5, 5.41) is 6.11. The van der Waals surface area contributed by atoms with Crippen molar-refractivity contribution in [3.63, 3.8) is 0 Å². The van der Waals surface area contributed by atoms with Crippen molar-refractivity contribution in [3.05, 3.63) is 53.5 Å². The first kappa shape index (κ1) is 21.6. The molecule has 8 nitrogen and oxygen atoms in total. The van der Waals surface area contributed by atoms with E-state index in [0.29, 0.717) is 5.02 Å². The lowest BCUT2D eigenvalue weighted by atomic mass is 9.77. The lowest BCUT2D eigenvalue weighted by Gasteiger charge is -2.39. The van der Waals surface area contributed by atoms with Gasteiger partial charge in [0.15, 0.2) is 5.82 Å². The van der Waals surface area contributed by atoms with Gasteiger partial charge < -0.3 is 10.6 Å². The van der Waals surface area contributed by atoms with Crippen molar-refractivity contribution < 1.29 is 0 Å². The fraction of sp³-hybridized carbons (Fsp3) is 0.333. The highest BCUT2D eigenvalue weighted by atomic mass is 35.5. The SMILES string of the molecule is CN=C1CC2(CCN(c3nc4ccc(-c5ccc6nn(C)cc6c5Cl)c5ncc3n45)CC2)CC1=CN. The van der Waals surface area contributed by atoms with Gasteiger partial charge in [0, 0.05) is 55.6 Å². The number of nitrogens with two attached hydrogens (primary N) is 1. The first-order valence-electron chi connectivity index (χ1n) is 12.3. The van der Waals surface area contributed by atoms with Gasteiger partial charge >= 0.3 is 0 Å². The van der Waals surface area contributed by atoms with Gasteiger partial charge in [0.25, 0.3) is 0 Å². The van der Waals surface area contributed by atoms with Gasteiger partial charge in [-0.15, -0.1) is 0 Å². The van der Waals surface area contributed by atoms with Crippen molar-refractivity contribution in [1.29, 1.82) is 0 Å². The number of allylic oxidation sites excluding steroid dienone is 1. The molecule has 2 aliphatic rings. The molecular formula is C27H27ClN8. The Morgan fingerprint density at radius 3 is 2.67 bits per heavy atom. The summed E-state index contributed by atoms with van der Waals surface area (Å²) in [5.41, 5.74) is 14.2. The molecule has 5 aromatic rings. The minimum absolute atomic E-state index is 0.268. The van der Waals surface area contributed by atoms with Crippen molar-refractivity contribution in [2.45, 2.75) is 25.7 Å². The highest BCUT2D eigenvalue weighted by Gasteiger charge is 2.42.